The van der Waals surface area contributed by atoms with E-state index in [0.717, 1.165) is 17.5 Å². The number of esters is 1. The zero-order chi connectivity index (χ0) is 20.1. The molecule has 1 aromatic heterocycles. The normalized spacial score (nSPS) is 10.7. The molecule has 1 heterocycles. The maximum atomic E-state index is 13.1. The number of halogens is 1. The molecule has 1 amide bonds. The van der Waals surface area contributed by atoms with E-state index in [-0.39, 0.29) is 17.4 Å². The van der Waals surface area contributed by atoms with Crippen LogP contribution in [0.1, 0.15) is 52.0 Å². The summed E-state index contributed by atoms with van der Waals surface area (Å²) < 4.78 is 20.1. The summed E-state index contributed by atoms with van der Waals surface area (Å²) in [4.78, 5) is 36.0. The molecule has 27 heavy (non-hydrogen) atoms. The van der Waals surface area contributed by atoms with Crippen LogP contribution in [0.4, 0.5) is 4.39 Å². The van der Waals surface area contributed by atoms with Gasteiger partial charge in [-0.15, -0.1) is 0 Å². The molecule has 0 fully saturated rings. The van der Waals surface area contributed by atoms with Crippen molar-refractivity contribution >= 4 is 17.7 Å². The second-order valence-corrected chi connectivity index (χ2v) is 6.53. The summed E-state index contributed by atoms with van der Waals surface area (Å²) in [5, 5.41) is 2.33. The molecule has 0 saturated carbocycles. The van der Waals surface area contributed by atoms with Crippen LogP contribution in [-0.4, -0.2) is 35.4 Å². The van der Waals surface area contributed by atoms with E-state index in [2.05, 4.69) is 5.32 Å². The van der Waals surface area contributed by atoms with Crippen molar-refractivity contribution in [1.82, 2.24) is 9.88 Å². The van der Waals surface area contributed by atoms with Crippen LogP contribution in [0, 0.1) is 19.7 Å². The van der Waals surface area contributed by atoms with Crippen LogP contribution >= 0.6 is 0 Å². The number of nitrogens with zero attached hydrogens (tertiary/aromatic N) is 1. The van der Waals surface area contributed by atoms with Crippen molar-refractivity contribution in [3.05, 3.63) is 58.7 Å². The summed E-state index contributed by atoms with van der Waals surface area (Å²) in [7, 11) is 0. The minimum absolute atomic E-state index is 0.0972. The third-order valence-electron chi connectivity index (χ3n) is 4.15. The molecule has 0 aliphatic carbocycles. The van der Waals surface area contributed by atoms with Gasteiger partial charge in [-0.2, -0.15) is 0 Å². The van der Waals surface area contributed by atoms with E-state index >= 15 is 0 Å². The molecule has 0 spiro atoms. The summed E-state index contributed by atoms with van der Waals surface area (Å²) >= 11 is 0. The van der Waals surface area contributed by atoms with E-state index in [1.165, 1.54) is 18.2 Å². The van der Waals surface area contributed by atoms with Crippen molar-refractivity contribution in [2.45, 2.75) is 33.7 Å². The Morgan fingerprint density at radius 1 is 1.19 bits per heavy atom. The monoisotopic (exact) mass is 374 g/mol. The van der Waals surface area contributed by atoms with Gasteiger partial charge in [0, 0.05) is 28.6 Å². The Morgan fingerprint density at radius 3 is 2.48 bits per heavy atom. The maximum Gasteiger partial charge on any atom is 0.325 e. The van der Waals surface area contributed by atoms with Crippen LogP contribution in [0.3, 0.4) is 0 Å². The molecule has 1 aromatic carbocycles. The number of aromatic nitrogens is 1. The van der Waals surface area contributed by atoms with Gasteiger partial charge in [-0.25, -0.2) is 4.39 Å². The molecule has 6 nitrogen and oxygen atoms in total. The molecule has 0 radical (unpaired) electrons. The Morgan fingerprint density at radius 2 is 1.89 bits per heavy atom. The summed E-state index contributed by atoms with van der Waals surface area (Å²) in [6, 6.07) is 7.10. The Hall–Kier alpha value is -2.96. The number of benzene rings is 1. The number of carbonyl (C=O) groups excluding carboxylic acids is 3. The standard InChI is InChI=1S/C20H23FN2O4/c1-12(2)23-13(3)8-17(14(23)4)18(24)11-27-19(25)10-22-20(26)15-6-5-7-16(21)9-15/h5-9,12H,10-11H2,1-4H3,(H,22,26). The predicted octanol–water partition coefficient (Wildman–Crippen LogP) is 2.98. The fourth-order valence-electron chi connectivity index (χ4n) is 3.01. The number of Topliss-reactive ketones (excluding diaryl/α,β-unsaturated/α-hetero) is 1. The fourth-order valence-corrected chi connectivity index (χ4v) is 3.01. The number of aryl methyl sites for hydroxylation is 1. The van der Waals surface area contributed by atoms with E-state index in [9.17, 15) is 18.8 Å². The van der Waals surface area contributed by atoms with E-state index in [0.29, 0.717) is 5.56 Å². The lowest BCUT2D eigenvalue weighted by Gasteiger charge is -2.13. The third kappa shape index (κ3) is 5.03. The molecule has 0 bridgehead atoms. The van der Waals surface area contributed by atoms with E-state index < -0.39 is 30.8 Å². The van der Waals surface area contributed by atoms with Gasteiger partial charge >= 0.3 is 5.97 Å². The van der Waals surface area contributed by atoms with Crippen molar-refractivity contribution in [3.8, 4) is 0 Å². The molecule has 0 aliphatic rings. The first-order chi connectivity index (χ1) is 12.7. The Balaban J connectivity index is 1.88. The molecule has 144 valence electrons. The van der Waals surface area contributed by atoms with Crippen LogP contribution in [0.2, 0.25) is 0 Å². The van der Waals surface area contributed by atoms with Crippen molar-refractivity contribution in [1.29, 1.82) is 0 Å². The van der Waals surface area contributed by atoms with Gasteiger partial charge in [0.1, 0.15) is 12.4 Å². The van der Waals surface area contributed by atoms with Gasteiger partial charge in [0.05, 0.1) is 0 Å². The average molecular weight is 374 g/mol. The smallest absolute Gasteiger partial charge is 0.325 e. The average Bonchev–Trinajstić information content (AvgIpc) is 2.92. The number of amides is 1. The first-order valence-electron chi connectivity index (χ1n) is 8.61. The second kappa shape index (κ2) is 8.62. The largest absolute Gasteiger partial charge is 0.456 e. The summed E-state index contributed by atoms with van der Waals surface area (Å²) in [5.41, 5.74) is 2.39. The van der Waals surface area contributed by atoms with E-state index in [1.54, 1.807) is 6.07 Å². The van der Waals surface area contributed by atoms with Gasteiger partial charge in [0.2, 0.25) is 5.78 Å². The second-order valence-electron chi connectivity index (χ2n) is 6.53. The Kier molecular flexibility index (Phi) is 6.50. The highest BCUT2D eigenvalue weighted by molar-refractivity contribution is 6.00. The number of carbonyl (C=O) groups is 3. The van der Waals surface area contributed by atoms with Gasteiger partial charge in [-0.3, -0.25) is 14.4 Å². The molecule has 2 aromatic rings. The van der Waals surface area contributed by atoms with E-state index in [1.807, 2.05) is 32.3 Å². The maximum absolute atomic E-state index is 13.1. The topological polar surface area (TPSA) is 77.4 Å². The van der Waals surface area contributed by atoms with Crippen molar-refractivity contribution in [2.24, 2.45) is 0 Å². The van der Waals surface area contributed by atoms with Crippen LogP contribution < -0.4 is 5.32 Å². The number of ketones is 1. The highest BCUT2D eigenvalue weighted by Gasteiger charge is 2.18. The van der Waals surface area contributed by atoms with Crippen molar-refractivity contribution in [3.63, 3.8) is 0 Å². The molecule has 0 saturated heterocycles. The zero-order valence-electron chi connectivity index (χ0n) is 15.8. The molecule has 2 rings (SSSR count). The highest BCUT2D eigenvalue weighted by atomic mass is 19.1. The molecule has 0 unspecified atom stereocenters. The third-order valence-corrected chi connectivity index (χ3v) is 4.15. The van der Waals surface area contributed by atoms with E-state index in [4.69, 9.17) is 4.74 Å². The number of ether oxygens (including phenoxy) is 1. The van der Waals surface area contributed by atoms with Gasteiger partial charge < -0.3 is 14.6 Å². The first-order valence-corrected chi connectivity index (χ1v) is 8.61. The Bertz CT molecular complexity index is 871. The summed E-state index contributed by atoms with van der Waals surface area (Å²) in [6.45, 7) is 6.99. The minimum Gasteiger partial charge on any atom is -0.456 e. The van der Waals surface area contributed by atoms with Crippen LogP contribution in [-0.2, 0) is 9.53 Å². The number of hydrogen-bond acceptors (Lipinski definition) is 4. The lowest BCUT2D eigenvalue weighted by Crippen LogP contribution is -2.31. The quantitative estimate of drug-likeness (QED) is 0.597. The van der Waals surface area contributed by atoms with Crippen molar-refractivity contribution < 1.29 is 23.5 Å². The summed E-state index contributed by atoms with van der Waals surface area (Å²) in [5.74, 6) is -2.20. The molecule has 0 aliphatic heterocycles. The van der Waals surface area contributed by atoms with Crippen molar-refractivity contribution in [2.75, 3.05) is 13.2 Å². The number of rotatable bonds is 7. The predicted molar refractivity (Wildman–Crippen MR) is 98.3 cm³/mol. The molecule has 7 heteroatoms. The zero-order valence-corrected chi connectivity index (χ0v) is 15.8. The summed E-state index contributed by atoms with van der Waals surface area (Å²) in [6.07, 6.45) is 0. The van der Waals surface area contributed by atoms with Gasteiger partial charge in [0.15, 0.2) is 6.61 Å². The lowest BCUT2D eigenvalue weighted by molar-refractivity contribution is -0.141. The molecule has 0 atom stereocenters. The highest BCUT2D eigenvalue weighted by Crippen LogP contribution is 2.20. The molecule has 1 N–H and O–H groups in total. The Labute approximate surface area is 157 Å². The fraction of sp³-hybridized carbons (Fsp3) is 0.350. The number of hydrogen-bond donors (Lipinski definition) is 1. The van der Waals surface area contributed by atoms with Gasteiger partial charge in [-0.1, -0.05) is 6.07 Å². The van der Waals surface area contributed by atoms with Crippen LogP contribution in [0.25, 0.3) is 0 Å². The minimum atomic E-state index is -0.745. The SMILES string of the molecule is Cc1cc(C(=O)COC(=O)CNC(=O)c2cccc(F)c2)c(C)n1C(C)C. The first kappa shape index (κ1) is 20.4. The molecular formula is C20H23FN2O4. The van der Waals surface area contributed by atoms with Crippen LogP contribution in [0.5, 0.6) is 0 Å². The van der Waals surface area contributed by atoms with Gasteiger partial charge in [0.25, 0.3) is 5.91 Å². The molecular weight excluding hydrogens is 351 g/mol. The lowest BCUT2D eigenvalue weighted by atomic mass is 10.1. The van der Waals surface area contributed by atoms with Crippen LogP contribution in [0.15, 0.2) is 30.3 Å². The number of nitrogens with one attached hydrogen (secondary N) is 1. The van der Waals surface area contributed by atoms with Gasteiger partial charge in [-0.05, 0) is 52.0 Å².